The van der Waals surface area contributed by atoms with Gasteiger partial charge in [-0.2, -0.15) is 5.10 Å². The molecule has 0 radical (unpaired) electrons. The molecule has 23 heavy (non-hydrogen) atoms. The van der Waals surface area contributed by atoms with E-state index in [1.807, 2.05) is 61.5 Å². The van der Waals surface area contributed by atoms with Crippen LogP contribution in [0.4, 0.5) is 0 Å². The smallest absolute Gasteiger partial charge is 0.257 e. The number of carbonyl (C=O) groups is 1. The van der Waals surface area contributed by atoms with Crippen molar-refractivity contribution in [1.29, 1.82) is 0 Å². The second-order valence-electron chi connectivity index (χ2n) is 4.83. The topological polar surface area (TPSA) is 67.5 Å². The molecule has 5 nitrogen and oxygen atoms in total. The number of oxazole rings is 1. The van der Waals surface area contributed by atoms with Crippen molar-refractivity contribution in [3.8, 4) is 0 Å². The van der Waals surface area contributed by atoms with Crippen LogP contribution in [0.3, 0.4) is 0 Å². The average Bonchev–Trinajstić information content (AvgIpc) is 3.01. The van der Waals surface area contributed by atoms with E-state index in [0.717, 1.165) is 16.8 Å². The number of rotatable bonds is 5. The Morgan fingerprint density at radius 2 is 1.91 bits per heavy atom. The molecule has 6 heteroatoms. The summed E-state index contributed by atoms with van der Waals surface area (Å²) in [5.41, 5.74) is 5.77. The molecule has 2 aromatic carbocycles. The first-order chi connectivity index (χ1) is 11.2. The normalized spacial score (nSPS) is 11.6. The van der Waals surface area contributed by atoms with Crippen LogP contribution >= 0.6 is 11.8 Å². The van der Waals surface area contributed by atoms with Gasteiger partial charge in [-0.1, -0.05) is 54.2 Å². The lowest BCUT2D eigenvalue weighted by Gasteiger charge is -2.01. The maximum atomic E-state index is 11.9. The maximum absolute atomic E-state index is 11.9. The minimum atomic E-state index is -0.201. The summed E-state index contributed by atoms with van der Waals surface area (Å²) in [5, 5.41) is 4.58. The molecule has 0 spiro atoms. The van der Waals surface area contributed by atoms with Crippen molar-refractivity contribution >= 4 is 34.5 Å². The van der Waals surface area contributed by atoms with Gasteiger partial charge < -0.3 is 4.42 Å². The molecule has 0 aliphatic rings. The Kier molecular flexibility index (Phi) is 4.73. The number of nitrogens with zero attached hydrogens (tertiary/aromatic N) is 2. The number of hydrazone groups is 1. The number of aromatic nitrogens is 1. The van der Waals surface area contributed by atoms with Gasteiger partial charge in [0.1, 0.15) is 5.52 Å². The molecule has 0 atom stereocenters. The number of hydrogen-bond acceptors (Lipinski definition) is 5. The quantitative estimate of drug-likeness (QED) is 0.443. The highest BCUT2D eigenvalue weighted by atomic mass is 32.2. The van der Waals surface area contributed by atoms with E-state index in [-0.39, 0.29) is 11.7 Å². The second-order valence-corrected chi connectivity index (χ2v) is 5.76. The van der Waals surface area contributed by atoms with Crippen LogP contribution in [-0.2, 0) is 4.79 Å². The molecule has 3 rings (SSSR count). The Morgan fingerprint density at radius 3 is 2.70 bits per heavy atom. The van der Waals surface area contributed by atoms with Crippen LogP contribution in [0.25, 0.3) is 11.1 Å². The zero-order valence-corrected chi connectivity index (χ0v) is 13.3. The van der Waals surface area contributed by atoms with Crippen LogP contribution in [0.5, 0.6) is 0 Å². The predicted octanol–water partition coefficient (Wildman–Crippen LogP) is 3.46. The van der Waals surface area contributed by atoms with Gasteiger partial charge in [-0.25, -0.2) is 10.4 Å². The zero-order valence-electron chi connectivity index (χ0n) is 12.5. The van der Waals surface area contributed by atoms with Crippen LogP contribution in [0.2, 0.25) is 0 Å². The van der Waals surface area contributed by atoms with Crippen LogP contribution in [0.15, 0.2) is 69.3 Å². The minimum absolute atomic E-state index is 0.193. The zero-order chi connectivity index (χ0) is 16.1. The van der Waals surface area contributed by atoms with E-state index in [0.29, 0.717) is 10.8 Å². The number of benzene rings is 2. The summed E-state index contributed by atoms with van der Waals surface area (Å²) in [6.07, 6.45) is 0. The number of para-hydroxylation sites is 2. The lowest BCUT2D eigenvalue weighted by atomic mass is 10.1. The van der Waals surface area contributed by atoms with E-state index in [9.17, 15) is 4.79 Å². The summed E-state index contributed by atoms with van der Waals surface area (Å²) in [5.74, 6) is -0.00851. The van der Waals surface area contributed by atoms with Crippen molar-refractivity contribution in [2.45, 2.75) is 12.1 Å². The van der Waals surface area contributed by atoms with Crippen molar-refractivity contribution in [3.63, 3.8) is 0 Å². The minimum Gasteiger partial charge on any atom is -0.431 e. The summed E-state index contributed by atoms with van der Waals surface area (Å²) in [6.45, 7) is 1.85. The molecule has 1 amide bonds. The van der Waals surface area contributed by atoms with Crippen LogP contribution < -0.4 is 5.43 Å². The molecule has 1 heterocycles. The van der Waals surface area contributed by atoms with Crippen LogP contribution in [0, 0.1) is 0 Å². The SMILES string of the molecule is C/C(=N\NC(=O)CSc1nc2ccccc2o1)c1ccccc1. The Labute approximate surface area is 137 Å². The molecule has 0 aliphatic carbocycles. The highest BCUT2D eigenvalue weighted by Gasteiger charge is 2.08. The van der Waals surface area contributed by atoms with E-state index in [1.165, 1.54) is 11.8 Å². The second kappa shape index (κ2) is 7.11. The Morgan fingerprint density at radius 1 is 1.17 bits per heavy atom. The summed E-state index contributed by atoms with van der Waals surface area (Å²) in [6, 6.07) is 17.2. The number of amides is 1. The van der Waals surface area contributed by atoms with Crippen molar-refractivity contribution in [3.05, 3.63) is 60.2 Å². The number of carbonyl (C=O) groups excluding carboxylic acids is 1. The van der Waals surface area contributed by atoms with Gasteiger partial charge in [-0.3, -0.25) is 4.79 Å². The van der Waals surface area contributed by atoms with Gasteiger partial charge in [0.25, 0.3) is 11.1 Å². The predicted molar refractivity (Wildman–Crippen MR) is 91.5 cm³/mol. The molecular formula is C17H15N3O2S. The van der Waals surface area contributed by atoms with Crippen LogP contribution in [0.1, 0.15) is 12.5 Å². The lowest BCUT2D eigenvalue weighted by Crippen LogP contribution is -2.21. The van der Waals surface area contributed by atoms with Gasteiger partial charge >= 0.3 is 0 Å². The van der Waals surface area contributed by atoms with Gasteiger partial charge in [-0.05, 0) is 24.6 Å². The molecule has 116 valence electrons. The largest absolute Gasteiger partial charge is 0.431 e. The number of thioether (sulfide) groups is 1. The molecule has 0 bridgehead atoms. The maximum Gasteiger partial charge on any atom is 0.257 e. The van der Waals surface area contributed by atoms with E-state index >= 15 is 0 Å². The first kappa shape index (κ1) is 15.3. The Bertz CT molecular complexity index is 810. The summed E-state index contributed by atoms with van der Waals surface area (Å²) in [4.78, 5) is 16.2. The van der Waals surface area contributed by atoms with E-state index in [1.54, 1.807) is 0 Å². The molecule has 1 aromatic heterocycles. The monoisotopic (exact) mass is 325 g/mol. The third kappa shape index (κ3) is 3.98. The highest BCUT2D eigenvalue weighted by molar-refractivity contribution is 7.99. The fraction of sp³-hybridized carbons (Fsp3) is 0.118. The summed E-state index contributed by atoms with van der Waals surface area (Å²) < 4.78 is 5.55. The fourth-order valence-electron chi connectivity index (χ4n) is 1.96. The third-order valence-corrected chi connectivity index (χ3v) is 3.97. The first-order valence-corrected chi connectivity index (χ1v) is 8.08. The van der Waals surface area contributed by atoms with Gasteiger partial charge in [0, 0.05) is 0 Å². The fourth-order valence-corrected chi connectivity index (χ4v) is 2.59. The molecule has 0 unspecified atom stereocenters. The third-order valence-electron chi connectivity index (χ3n) is 3.14. The molecule has 0 saturated carbocycles. The number of fused-ring (bicyclic) bond motifs is 1. The van der Waals surface area contributed by atoms with Gasteiger partial charge in [-0.15, -0.1) is 0 Å². The molecule has 0 saturated heterocycles. The van der Waals surface area contributed by atoms with Crippen molar-refractivity contribution in [2.75, 3.05) is 5.75 Å². The summed E-state index contributed by atoms with van der Waals surface area (Å²) >= 11 is 1.24. The summed E-state index contributed by atoms with van der Waals surface area (Å²) in [7, 11) is 0. The van der Waals surface area contributed by atoms with Gasteiger partial charge in [0.05, 0.1) is 11.5 Å². The van der Waals surface area contributed by atoms with Crippen molar-refractivity contribution in [1.82, 2.24) is 10.4 Å². The highest BCUT2D eigenvalue weighted by Crippen LogP contribution is 2.22. The van der Waals surface area contributed by atoms with Crippen molar-refractivity contribution < 1.29 is 9.21 Å². The van der Waals surface area contributed by atoms with E-state index in [2.05, 4.69) is 15.5 Å². The average molecular weight is 325 g/mol. The molecule has 0 aliphatic heterocycles. The molecular weight excluding hydrogens is 310 g/mol. The lowest BCUT2D eigenvalue weighted by molar-refractivity contribution is -0.118. The molecule has 3 aromatic rings. The molecule has 1 N–H and O–H groups in total. The van der Waals surface area contributed by atoms with Crippen LogP contribution in [-0.4, -0.2) is 22.4 Å². The van der Waals surface area contributed by atoms with Crippen molar-refractivity contribution in [2.24, 2.45) is 5.10 Å². The number of hydrogen-bond donors (Lipinski definition) is 1. The van der Waals surface area contributed by atoms with Gasteiger partial charge in [0.15, 0.2) is 5.58 Å². The standard InChI is InChI=1S/C17H15N3O2S/c1-12(13-7-3-2-4-8-13)19-20-16(21)11-23-17-18-14-9-5-6-10-15(14)22-17/h2-10H,11H2,1H3,(H,20,21)/b19-12+. The first-order valence-electron chi connectivity index (χ1n) is 7.09. The van der Waals surface area contributed by atoms with Gasteiger partial charge in [0.2, 0.25) is 0 Å². The van der Waals surface area contributed by atoms with E-state index < -0.39 is 0 Å². The van der Waals surface area contributed by atoms with E-state index in [4.69, 9.17) is 4.42 Å². The molecule has 0 fully saturated rings. The Balaban J connectivity index is 1.55. The Hall–Kier alpha value is -2.60. The number of nitrogens with one attached hydrogen (secondary N) is 1.